The summed E-state index contributed by atoms with van der Waals surface area (Å²) in [6.07, 6.45) is -0.974. The van der Waals surface area contributed by atoms with E-state index in [1.807, 2.05) is 45.0 Å². The van der Waals surface area contributed by atoms with Crippen LogP contribution in [0.2, 0.25) is 0 Å². The van der Waals surface area contributed by atoms with Crippen LogP contribution in [-0.2, 0) is 14.8 Å². The molecule has 4 rings (SSSR count). The van der Waals surface area contributed by atoms with Gasteiger partial charge < -0.3 is 10.1 Å². The molecule has 166 valence electrons. The van der Waals surface area contributed by atoms with Gasteiger partial charge in [-0.05, 0) is 50.6 Å². The van der Waals surface area contributed by atoms with Crippen LogP contribution in [0.25, 0.3) is 0 Å². The predicted molar refractivity (Wildman–Crippen MR) is 124 cm³/mol. The molecule has 32 heavy (non-hydrogen) atoms. The minimum absolute atomic E-state index is 0.111. The molecule has 1 amide bonds. The molecular weight excluding hydrogens is 424 g/mol. The van der Waals surface area contributed by atoms with Crippen molar-refractivity contribution < 1.29 is 17.9 Å². The number of sulfonamides is 1. The van der Waals surface area contributed by atoms with Gasteiger partial charge in [-0.3, -0.25) is 9.10 Å². The van der Waals surface area contributed by atoms with Gasteiger partial charge in [-0.25, -0.2) is 8.42 Å². The van der Waals surface area contributed by atoms with E-state index < -0.39 is 16.1 Å². The van der Waals surface area contributed by atoms with Crippen LogP contribution < -0.4 is 14.4 Å². The quantitative estimate of drug-likeness (QED) is 0.634. The summed E-state index contributed by atoms with van der Waals surface area (Å²) < 4.78 is 34.1. The Balaban J connectivity index is 1.61. The highest BCUT2D eigenvalue weighted by Gasteiger charge is 2.37. The zero-order chi connectivity index (χ0) is 22.9. The van der Waals surface area contributed by atoms with Crippen molar-refractivity contribution in [3.05, 3.63) is 89.5 Å². The molecule has 0 aliphatic carbocycles. The Morgan fingerprint density at radius 1 is 0.969 bits per heavy atom. The van der Waals surface area contributed by atoms with E-state index in [2.05, 4.69) is 5.32 Å². The lowest BCUT2D eigenvalue weighted by molar-refractivity contribution is -0.128. The van der Waals surface area contributed by atoms with Gasteiger partial charge in [0, 0.05) is 0 Å². The molecule has 2 atom stereocenters. The second-order valence-electron chi connectivity index (χ2n) is 8.06. The molecule has 0 radical (unpaired) electrons. The van der Waals surface area contributed by atoms with E-state index in [-0.39, 0.29) is 23.4 Å². The number of rotatable bonds is 5. The normalized spacial score (nSPS) is 16.6. The van der Waals surface area contributed by atoms with Crippen molar-refractivity contribution in [3.63, 3.8) is 0 Å². The van der Waals surface area contributed by atoms with Crippen LogP contribution in [0.1, 0.15) is 29.7 Å². The summed E-state index contributed by atoms with van der Waals surface area (Å²) in [6, 6.07) is 21.2. The molecule has 3 aromatic carbocycles. The van der Waals surface area contributed by atoms with Gasteiger partial charge in [0.2, 0.25) is 0 Å². The summed E-state index contributed by atoms with van der Waals surface area (Å²) in [4.78, 5) is 13.2. The number of anilines is 1. The molecule has 1 heterocycles. The molecule has 7 heteroatoms. The molecule has 0 aromatic heterocycles. The molecule has 0 fully saturated rings. The third-order valence-corrected chi connectivity index (χ3v) is 7.37. The molecule has 0 saturated carbocycles. The number of fused-ring (bicyclic) bond motifs is 1. The monoisotopic (exact) mass is 450 g/mol. The SMILES string of the molecule is Cc1ccc([C@H](C)NC(=O)[C@H]2CN(S(=O)(=O)c3ccc(C)cc3)c3ccccc3O2)cc1. The van der Waals surface area contributed by atoms with Gasteiger partial charge in [0.05, 0.1) is 23.2 Å². The van der Waals surface area contributed by atoms with E-state index in [1.165, 1.54) is 4.31 Å². The largest absolute Gasteiger partial charge is 0.476 e. The summed E-state index contributed by atoms with van der Waals surface area (Å²) >= 11 is 0. The van der Waals surface area contributed by atoms with Crippen molar-refractivity contribution >= 4 is 21.6 Å². The second-order valence-corrected chi connectivity index (χ2v) is 9.93. The number of ether oxygens (including phenoxy) is 1. The van der Waals surface area contributed by atoms with Crippen LogP contribution in [0.4, 0.5) is 5.69 Å². The number of hydrogen-bond donors (Lipinski definition) is 1. The highest BCUT2D eigenvalue weighted by Crippen LogP contribution is 2.37. The van der Waals surface area contributed by atoms with Crippen molar-refractivity contribution in [2.45, 2.75) is 37.8 Å². The van der Waals surface area contributed by atoms with Crippen LogP contribution in [0.15, 0.2) is 77.7 Å². The molecular formula is C25H26N2O4S. The van der Waals surface area contributed by atoms with E-state index >= 15 is 0 Å². The third-order valence-electron chi connectivity index (χ3n) is 5.57. The molecule has 0 bridgehead atoms. The fraction of sp³-hybridized carbons (Fsp3) is 0.240. The molecule has 6 nitrogen and oxygen atoms in total. The minimum atomic E-state index is -3.87. The lowest BCUT2D eigenvalue weighted by Gasteiger charge is -2.35. The minimum Gasteiger partial charge on any atom is -0.476 e. The first kappa shape index (κ1) is 21.9. The molecule has 3 aromatic rings. The Labute approximate surface area is 188 Å². The highest BCUT2D eigenvalue weighted by atomic mass is 32.2. The maximum absolute atomic E-state index is 13.4. The number of nitrogens with zero attached hydrogens (tertiary/aromatic N) is 1. The highest BCUT2D eigenvalue weighted by molar-refractivity contribution is 7.92. The number of aryl methyl sites for hydroxylation is 2. The summed E-state index contributed by atoms with van der Waals surface area (Å²) in [5, 5.41) is 2.95. The summed E-state index contributed by atoms with van der Waals surface area (Å²) in [7, 11) is -3.87. The number of carbonyl (C=O) groups excluding carboxylic acids is 1. The smallest absolute Gasteiger partial charge is 0.264 e. The summed E-state index contributed by atoms with van der Waals surface area (Å²) in [5.41, 5.74) is 3.48. The van der Waals surface area contributed by atoms with Gasteiger partial charge in [-0.1, -0.05) is 59.7 Å². The fourth-order valence-corrected chi connectivity index (χ4v) is 5.12. The molecule has 0 spiro atoms. The Kier molecular flexibility index (Phi) is 5.93. The van der Waals surface area contributed by atoms with Crippen molar-refractivity contribution in [2.24, 2.45) is 0 Å². The summed E-state index contributed by atoms with van der Waals surface area (Å²) in [6.45, 7) is 5.68. The second kappa shape index (κ2) is 8.67. The van der Waals surface area contributed by atoms with Crippen LogP contribution in [0.3, 0.4) is 0 Å². The van der Waals surface area contributed by atoms with Gasteiger partial charge in [-0.15, -0.1) is 0 Å². The van der Waals surface area contributed by atoms with Crippen LogP contribution in [0, 0.1) is 13.8 Å². The average Bonchev–Trinajstić information content (AvgIpc) is 2.79. The van der Waals surface area contributed by atoms with Crippen molar-refractivity contribution in [2.75, 3.05) is 10.8 Å². The average molecular weight is 451 g/mol. The predicted octanol–water partition coefficient (Wildman–Crippen LogP) is 4.14. The van der Waals surface area contributed by atoms with Crippen molar-refractivity contribution in [1.82, 2.24) is 5.32 Å². The summed E-state index contributed by atoms with van der Waals surface area (Å²) in [5.74, 6) is -0.00531. The maximum atomic E-state index is 13.4. The lowest BCUT2D eigenvalue weighted by Crippen LogP contribution is -2.51. The zero-order valence-corrected chi connectivity index (χ0v) is 19.1. The Hall–Kier alpha value is -3.32. The van der Waals surface area contributed by atoms with E-state index in [4.69, 9.17) is 4.74 Å². The Morgan fingerprint density at radius 2 is 1.56 bits per heavy atom. The Morgan fingerprint density at radius 3 is 2.22 bits per heavy atom. The van der Waals surface area contributed by atoms with Gasteiger partial charge in [-0.2, -0.15) is 0 Å². The number of para-hydroxylation sites is 2. The molecule has 1 aliphatic rings. The first-order valence-corrected chi connectivity index (χ1v) is 11.9. The van der Waals surface area contributed by atoms with E-state index in [0.717, 1.165) is 16.7 Å². The van der Waals surface area contributed by atoms with E-state index in [1.54, 1.807) is 48.5 Å². The van der Waals surface area contributed by atoms with E-state index in [0.29, 0.717) is 11.4 Å². The number of nitrogens with one attached hydrogen (secondary N) is 1. The van der Waals surface area contributed by atoms with Gasteiger partial charge in [0.1, 0.15) is 5.75 Å². The third kappa shape index (κ3) is 4.34. The topological polar surface area (TPSA) is 75.7 Å². The zero-order valence-electron chi connectivity index (χ0n) is 18.3. The van der Waals surface area contributed by atoms with Crippen molar-refractivity contribution in [1.29, 1.82) is 0 Å². The lowest BCUT2D eigenvalue weighted by atomic mass is 10.1. The standard InChI is InChI=1S/C25H26N2O4S/c1-17-8-12-20(13-9-17)19(3)26-25(28)24-16-27(22-6-4-5-7-23(22)31-24)32(29,30)21-14-10-18(2)11-15-21/h4-15,19,24H,16H2,1-3H3,(H,26,28)/t19-,24+/m0/s1. The molecule has 1 aliphatic heterocycles. The van der Waals surface area contributed by atoms with Gasteiger partial charge in [0.25, 0.3) is 15.9 Å². The molecule has 1 N–H and O–H groups in total. The number of benzene rings is 3. The maximum Gasteiger partial charge on any atom is 0.264 e. The van der Waals surface area contributed by atoms with Crippen LogP contribution in [-0.4, -0.2) is 27.0 Å². The fourth-order valence-electron chi connectivity index (χ4n) is 3.65. The molecule has 0 saturated heterocycles. The number of carbonyl (C=O) groups is 1. The number of hydrogen-bond acceptors (Lipinski definition) is 4. The van der Waals surface area contributed by atoms with E-state index in [9.17, 15) is 13.2 Å². The number of amides is 1. The Bertz CT molecular complexity index is 1220. The first-order valence-electron chi connectivity index (χ1n) is 10.5. The first-order chi connectivity index (χ1) is 15.3. The van der Waals surface area contributed by atoms with Gasteiger partial charge in [0.15, 0.2) is 6.10 Å². The van der Waals surface area contributed by atoms with Crippen LogP contribution in [0.5, 0.6) is 5.75 Å². The van der Waals surface area contributed by atoms with Gasteiger partial charge >= 0.3 is 0 Å². The van der Waals surface area contributed by atoms with Crippen LogP contribution >= 0.6 is 0 Å². The molecule has 0 unspecified atom stereocenters. The van der Waals surface area contributed by atoms with Crippen molar-refractivity contribution in [3.8, 4) is 5.75 Å².